The van der Waals surface area contributed by atoms with Gasteiger partial charge >= 0.3 is 5.97 Å². The molecule has 0 aliphatic carbocycles. The third-order valence-electron chi connectivity index (χ3n) is 1.45. The number of hydrazone groups is 1. The van der Waals surface area contributed by atoms with E-state index >= 15 is 0 Å². The lowest BCUT2D eigenvalue weighted by molar-refractivity contribution is -0.137. The van der Waals surface area contributed by atoms with Crippen molar-refractivity contribution in [2.24, 2.45) is 11.0 Å². The fourth-order valence-electron chi connectivity index (χ4n) is 0.870. The van der Waals surface area contributed by atoms with Crippen molar-refractivity contribution in [2.75, 3.05) is 13.2 Å². The summed E-state index contributed by atoms with van der Waals surface area (Å²) in [5, 5.41) is 3.81. The van der Waals surface area contributed by atoms with E-state index in [0.717, 1.165) is 6.54 Å². The molecule has 0 saturated carbocycles. The van der Waals surface area contributed by atoms with Gasteiger partial charge in [-0.3, -0.25) is 0 Å². The number of rotatable bonds is 3. The third kappa shape index (κ3) is 2.74. The summed E-state index contributed by atoms with van der Waals surface area (Å²) in [7, 11) is 0. The van der Waals surface area contributed by atoms with Crippen LogP contribution in [0.25, 0.3) is 0 Å². The van der Waals surface area contributed by atoms with Crippen LogP contribution < -0.4 is 5.43 Å². The van der Waals surface area contributed by atoms with Crippen LogP contribution in [0.2, 0.25) is 0 Å². The van der Waals surface area contributed by atoms with Crippen molar-refractivity contribution < 1.29 is 9.53 Å². The van der Waals surface area contributed by atoms with E-state index in [4.69, 9.17) is 4.74 Å². The van der Waals surface area contributed by atoms with E-state index in [-0.39, 0.29) is 11.9 Å². The summed E-state index contributed by atoms with van der Waals surface area (Å²) in [6.45, 7) is 2.96. The van der Waals surface area contributed by atoms with Crippen LogP contribution in [0.3, 0.4) is 0 Å². The third-order valence-corrected chi connectivity index (χ3v) is 1.45. The van der Waals surface area contributed by atoms with Gasteiger partial charge in [-0.1, -0.05) is 6.08 Å². The molecule has 0 bridgehead atoms. The zero-order chi connectivity index (χ0) is 8.81. The lowest BCUT2D eigenvalue weighted by Crippen LogP contribution is -2.08. The summed E-state index contributed by atoms with van der Waals surface area (Å²) in [6, 6.07) is 0. The van der Waals surface area contributed by atoms with Crippen molar-refractivity contribution in [1.29, 1.82) is 0 Å². The van der Waals surface area contributed by atoms with Gasteiger partial charge in [0.2, 0.25) is 0 Å². The maximum absolute atomic E-state index is 10.8. The molecule has 0 fully saturated rings. The summed E-state index contributed by atoms with van der Waals surface area (Å²) in [4.78, 5) is 10.8. The highest BCUT2D eigenvalue weighted by Crippen LogP contribution is 1.98. The van der Waals surface area contributed by atoms with Gasteiger partial charge in [0.05, 0.1) is 6.61 Å². The Morgan fingerprint density at radius 3 is 3.33 bits per heavy atom. The number of hydrogen-bond donors (Lipinski definition) is 1. The number of carbonyl (C=O) groups excluding carboxylic acids is 1. The molecule has 0 saturated heterocycles. The van der Waals surface area contributed by atoms with Crippen LogP contribution in [0.4, 0.5) is 0 Å². The molecule has 4 heteroatoms. The molecule has 1 heterocycles. The van der Waals surface area contributed by atoms with Crippen molar-refractivity contribution in [3.63, 3.8) is 0 Å². The van der Waals surface area contributed by atoms with Gasteiger partial charge < -0.3 is 10.2 Å². The van der Waals surface area contributed by atoms with E-state index in [1.165, 1.54) is 6.08 Å². The highest BCUT2D eigenvalue weighted by molar-refractivity contribution is 5.82. The van der Waals surface area contributed by atoms with Crippen molar-refractivity contribution in [3.05, 3.63) is 12.2 Å². The molecule has 0 radical (unpaired) electrons. The van der Waals surface area contributed by atoms with Crippen LogP contribution in [0.5, 0.6) is 0 Å². The Bertz CT molecular complexity index is 211. The van der Waals surface area contributed by atoms with Crippen molar-refractivity contribution in [2.45, 2.75) is 6.92 Å². The van der Waals surface area contributed by atoms with Gasteiger partial charge in [0.25, 0.3) is 0 Å². The first-order chi connectivity index (χ1) is 5.83. The van der Waals surface area contributed by atoms with E-state index in [0.29, 0.717) is 6.61 Å². The first-order valence-electron chi connectivity index (χ1n) is 3.94. The number of esters is 1. The van der Waals surface area contributed by atoms with Crippen molar-refractivity contribution >= 4 is 12.2 Å². The summed E-state index contributed by atoms with van der Waals surface area (Å²) < 4.78 is 4.71. The molecule has 1 aliphatic rings. The van der Waals surface area contributed by atoms with Crippen molar-refractivity contribution in [1.82, 2.24) is 5.43 Å². The molecule has 12 heavy (non-hydrogen) atoms. The molecule has 0 spiro atoms. The van der Waals surface area contributed by atoms with Gasteiger partial charge in [-0.15, -0.1) is 0 Å². The van der Waals surface area contributed by atoms with Crippen LogP contribution in [0.15, 0.2) is 17.3 Å². The lowest BCUT2D eigenvalue weighted by atomic mass is 10.1. The summed E-state index contributed by atoms with van der Waals surface area (Å²) >= 11 is 0. The predicted molar refractivity (Wildman–Crippen MR) is 45.8 cm³/mol. The molecule has 4 nitrogen and oxygen atoms in total. The number of nitrogens with one attached hydrogen (secondary N) is 1. The predicted octanol–water partition coefficient (Wildman–Crippen LogP) is 0.311. The molecule has 0 aromatic carbocycles. The Hall–Kier alpha value is -1.32. The Morgan fingerprint density at radius 2 is 2.75 bits per heavy atom. The standard InChI is InChI=1S/C8H12N2O2/c1-2-12-8(11)4-3-7-5-9-10-6-7/h3-5,7,10H,2,6H2,1H3/b4-3+. The van der Waals surface area contributed by atoms with Gasteiger partial charge in [0.15, 0.2) is 0 Å². The lowest BCUT2D eigenvalue weighted by Gasteiger charge is -1.97. The molecule has 1 aliphatic heterocycles. The van der Waals surface area contributed by atoms with Gasteiger partial charge in [0.1, 0.15) is 0 Å². The molecule has 66 valence electrons. The minimum Gasteiger partial charge on any atom is -0.463 e. The second-order valence-corrected chi connectivity index (χ2v) is 2.42. The molecule has 1 rings (SSSR count). The van der Waals surface area contributed by atoms with Gasteiger partial charge in [-0.2, -0.15) is 5.10 Å². The summed E-state index contributed by atoms with van der Waals surface area (Å²) in [5.41, 5.74) is 2.79. The maximum atomic E-state index is 10.8. The highest BCUT2D eigenvalue weighted by atomic mass is 16.5. The van der Waals surface area contributed by atoms with Gasteiger partial charge in [0, 0.05) is 24.8 Å². The molecule has 1 N–H and O–H groups in total. The fourth-order valence-corrected chi connectivity index (χ4v) is 0.870. The average Bonchev–Trinajstić information content (AvgIpc) is 2.53. The summed E-state index contributed by atoms with van der Waals surface area (Å²) in [5.74, 6) is -0.0767. The maximum Gasteiger partial charge on any atom is 0.330 e. The van der Waals surface area contributed by atoms with Crippen LogP contribution in [-0.4, -0.2) is 25.3 Å². The Balaban J connectivity index is 2.28. The zero-order valence-corrected chi connectivity index (χ0v) is 6.99. The normalized spacial score (nSPS) is 21.2. The Labute approximate surface area is 71.3 Å². The fraction of sp³-hybridized carbons (Fsp3) is 0.500. The minimum atomic E-state index is -0.294. The van der Waals surface area contributed by atoms with E-state index in [1.807, 2.05) is 0 Å². The topological polar surface area (TPSA) is 50.7 Å². The SMILES string of the molecule is CCOC(=O)/C=C/C1C=NNC1. The van der Waals surface area contributed by atoms with Crippen molar-refractivity contribution in [3.8, 4) is 0 Å². The first-order valence-corrected chi connectivity index (χ1v) is 3.94. The molecule has 0 aromatic heterocycles. The van der Waals surface area contributed by atoms with Crippen LogP contribution >= 0.6 is 0 Å². The Morgan fingerprint density at radius 1 is 1.92 bits per heavy atom. The number of hydrogen-bond acceptors (Lipinski definition) is 4. The van der Waals surface area contributed by atoms with Crippen LogP contribution in [0, 0.1) is 5.92 Å². The molecule has 1 atom stereocenters. The highest BCUT2D eigenvalue weighted by Gasteiger charge is 2.05. The molecular formula is C8H12N2O2. The zero-order valence-electron chi connectivity index (χ0n) is 6.99. The molecule has 0 amide bonds. The monoisotopic (exact) mass is 168 g/mol. The average molecular weight is 168 g/mol. The van der Waals surface area contributed by atoms with E-state index < -0.39 is 0 Å². The minimum absolute atomic E-state index is 0.217. The number of nitrogens with zero attached hydrogens (tertiary/aromatic N) is 1. The van der Waals surface area contributed by atoms with Crippen LogP contribution in [-0.2, 0) is 9.53 Å². The number of carbonyl (C=O) groups is 1. The second-order valence-electron chi connectivity index (χ2n) is 2.42. The number of ether oxygens (including phenoxy) is 1. The molecule has 0 aromatic rings. The Kier molecular flexibility index (Phi) is 3.32. The van der Waals surface area contributed by atoms with E-state index in [1.54, 1.807) is 19.2 Å². The smallest absolute Gasteiger partial charge is 0.330 e. The van der Waals surface area contributed by atoms with E-state index in [2.05, 4.69) is 10.5 Å². The van der Waals surface area contributed by atoms with E-state index in [9.17, 15) is 4.79 Å². The molecular weight excluding hydrogens is 156 g/mol. The second kappa shape index (κ2) is 4.54. The van der Waals surface area contributed by atoms with Gasteiger partial charge in [-0.25, -0.2) is 4.79 Å². The van der Waals surface area contributed by atoms with Crippen LogP contribution in [0.1, 0.15) is 6.92 Å². The van der Waals surface area contributed by atoms with Gasteiger partial charge in [-0.05, 0) is 6.92 Å². The first kappa shape index (κ1) is 8.77. The molecule has 1 unspecified atom stereocenters. The quantitative estimate of drug-likeness (QED) is 0.487. The summed E-state index contributed by atoms with van der Waals surface area (Å²) in [6.07, 6.45) is 4.98. The largest absolute Gasteiger partial charge is 0.463 e.